The fourth-order valence-corrected chi connectivity index (χ4v) is 11.1. The van der Waals surface area contributed by atoms with E-state index in [1.165, 1.54) is 42.5 Å². The van der Waals surface area contributed by atoms with Gasteiger partial charge in [0, 0.05) is 30.9 Å². The lowest BCUT2D eigenvalue weighted by molar-refractivity contribution is -0.135. The topological polar surface area (TPSA) is 382 Å². The Hall–Kier alpha value is -6.70. The molecule has 1 aromatic carbocycles. The highest BCUT2D eigenvalue weighted by molar-refractivity contribution is 6.31. The first kappa shape index (κ1) is 57.5. The first-order valence-corrected chi connectivity index (χ1v) is 26.4. The number of ether oxygens (including phenoxy) is 2. The van der Waals surface area contributed by atoms with Gasteiger partial charge in [-0.3, -0.25) is 29.0 Å². The number of nitrogens with zero attached hydrogens (tertiary/aromatic N) is 1. The summed E-state index contributed by atoms with van der Waals surface area (Å²) in [4.78, 5) is 75.5. The number of allylic oxidation sites excluding steroid dienone is 9. The molecular formula is C53H65Cl2N9O14. The van der Waals surface area contributed by atoms with Gasteiger partial charge >= 0.3 is 0 Å². The Morgan fingerprint density at radius 1 is 0.885 bits per heavy atom. The maximum absolute atomic E-state index is 14.9. The normalized spacial score (nSPS) is 30.3. The van der Waals surface area contributed by atoms with Crippen LogP contribution in [-0.4, -0.2) is 151 Å². The summed E-state index contributed by atoms with van der Waals surface area (Å²) in [5.74, 6) is -7.71. The lowest BCUT2D eigenvalue weighted by atomic mass is 9.76. The summed E-state index contributed by atoms with van der Waals surface area (Å²) in [5.41, 5.74) is 13.9. The van der Waals surface area contributed by atoms with Crippen LogP contribution in [0.2, 0.25) is 0 Å². The van der Waals surface area contributed by atoms with Crippen LogP contribution in [0.3, 0.4) is 0 Å². The molecule has 12 atom stereocenters. The van der Waals surface area contributed by atoms with Crippen molar-refractivity contribution in [2.75, 3.05) is 20.2 Å². The van der Waals surface area contributed by atoms with Gasteiger partial charge in [0.05, 0.1) is 59.5 Å². The van der Waals surface area contributed by atoms with Gasteiger partial charge in [-0.25, -0.2) is 0 Å². The van der Waals surface area contributed by atoms with E-state index >= 15 is 0 Å². The molecule has 5 heterocycles. The molecule has 25 heteroatoms. The molecule has 17 N–H and O–H groups in total. The highest BCUT2D eigenvalue weighted by Gasteiger charge is 2.42. The molecule has 9 aliphatic rings. The van der Waals surface area contributed by atoms with E-state index in [0.717, 1.165) is 0 Å². The Balaban J connectivity index is 1.33. The van der Waals surface area contributed by atoms with E-state index in [9.17, 15) is 59.7 Å². The molecule has 0 saturated carbocycles. The number of nitrogens with one attached hydrogen (secondary N) is 6. The van der Waals surface area contributed by atoms with Crippen molar-refractivity contribution in [2.24, 2.45) is 28.3 Å². The number of hydrogen-bond acceptors (Lipinski definition) is 18. The number of aromatic hydroxyl groups is 1. The van der Waals surface area contributed by atoms with Crippen LogP contribution in [0.5, 0.6) is 17.2 Å². The summed E-state index contributed by atoms with van der Waals surface area (Å²) < 4.78 is 12.7. The van der Waals surface area contributed by atoms with Gasteiger partial charge in [-0.1, -0.05) is 37.6 Å². The molecule has 420 valence electrons. The van der Waals surface area contributed by atoms with E-state index < -0.39 is 126 Å². The molecule has 1 saturated heterocycles. The molecule has 0 radical (unpaired) electrons. The van der Waals surface area contributed by atoms with Crippen LogP contribution < -0.4 is 52.8 Å². The number of benzene rings is 1. The number of nitrogens with two attached hydrogens (primary N) is 2. The van der Waals surface area contributed by atoms with E-state index in [2.05, 4.69) is 31.9 Å². The number of fused-ring (bicyclic) bond motifs is 14. The number of aliphatic hydroxyl groups is 6. The Kier molecular flexibility index (Phi) is 17.8. The van der Waals surface area contributed by atoms with Crippen LogP contribution in [0, 0.1) is 11.8 Å². The molecule has 0 aromatic heterocycles. The number of phenolic OH excluding ortho intramolecular Hbond substituents is 1. The quantitative estimate of drug-likeness (QED) is 0.158. The lowest BCUT2D eigenvalue weighted by Crippen LogP contribution is -2.60. The molecular weight excluding hydrogens is 1060 g/mol. The number of likely N-dealkylation sites (N-methyl/N-ethyl adjacent to an activating group) is 1. The predicted molar refractivity (Wildman–Crippen MR) is 284 cm³/mol. The number of rotatable bonds is 8. The van der Waals surface area contributed by atoms with Gasteiger partial charge in [-0.15, -0.1) is 11.6 Å². The van der Waals surface area contributed by atoms with Crippen molar-refractivity contribution in [3.63, 3.8) is 0 Å². The predicted octanol–water partition coefficient (Wildman–Crippen LogP) is 0.593. The SMILES string of the molecule is CN[C@H](CC(C)C)C(=O)N[C@H]1C(=O)N[C@@H](CC(N)=O)C(=O)N[C@H]2C(N)=N[C@H]3CN[C@H](C(=O)N[C@H](CO)C4=CC(O)CC(O)=C4C4CC3=CC=C4O)[C@H](O)C3=CC=C(Oc4cc2cc(c4O)OC2=C(Cl)C=C(CC2)[C@H]1O)C(Cl)C3. The van der Waals surface area contributed by atoms with Gasteiger partial charge < -0.3 is 88.6 Å². The number of amidine groups is 1. The third kappa shape index (κ3) is 12.4. The average Bonchev–Trinajstić information content (AvgIpc) is 3.45. The molecule has 1 fully saturated rings. The van der Waals surface area contributed by atoms with Crippen molar-refractivity contribution < 1.29 is 69.2 Å². The van der Waals surface area contributed by atoms with Gasteiger partial charge in [-0.2, -0.15) is 0 Å². The van der Waals surface area contributed by atoms with E-state index in [0.29, 0.717) is 12.0 Å². The summed E-state index contributed by atoms with van der Waals surface area (Å²) >= 11 is 13.9. The monoisotopic (exact) mass is 1120 g/mol. The Morgan fingerprint density at radius 2 is 1.59 bits per heavy atom. The number of aliphatic imine (C=N–C) groups is 1. The maximum atomic E-state index is 14.9. The molecule has 11 bridgehead atoms. The minimum Gasteiger partial charge on any atom is -0.512 e. The van der Waals surface area contributed by atoms with E-state index in [1.54, 1.807) is 13.1 Å². The number of carbonyl (C=O) groups is 5. The fourth-order valence-electron chi connectivity index (χ4n) is 10.6. The van der Waals surface area contributed by atoms with Crippen molar-refractivity contribution in [1.82, 2.24) is 31.9 Å². The average molecular weight is 1120 g/mol. The standard InChI is InChI=1S/C53H65Cl2N9O14/c1-21(2)10-31(58-3)50(73)64-45-47(71)24-6-9-38(30(55)13-24)78-40-15-25-14-39(48(40)72)77-37-8-5-23(12-29(37)54)46(70)44-52(75)62-34(20-65)27-16-26(66)17-36(68)42(27)28-11-22(4-7-35(28)67)33(19-59-44)60-49(57)43(25)63-51(74)32(18-41(56)69)61-53(45)76/h4-5,7-8,13-16,21,26,28-29,31-34,43-47,58-59,65-68,70-72H,6,9-12,17-20H2,1-3H3,(H2,56,69)(H2,57,60)(H,61,76)(H,62,75)(H,63,74)(H,64,73)/t26?,28?,29?,31-,32+,33+,34-,43-,44+,45-,46-,47-/m1/s1. The minimum absolute atomic E-state index is 0.00643. The van der Waals surface area contributed by atoms with Crippen LogP contribution in [0.4, 0.5) is 0 Å². The van der Waals surface area contributed by atoms with Gasteiger partial charge in [0.1, 0.15) is 53.4 Å². The number of alkyl halides is 1. The van der Waals surface area contributed by atoms with Crippen LogP contribution in [0.15, 0.2) is 110 Å². The summed E-state index contributed by atoms with van der Waals surface area (Å²) in [6.45, 7) is 2.77. The van der Waals surface area contributed by atoms with E-state index in [4.69, 9.17) is 49.1 Å². The molecule has 0 spiro atoms. The first-order valence-electron chi connectivity index (χ1n) is 25.5. The number of aliphatic hydroxyl groups excluding tert-OH is 6. The summed E-state index contributed by atoms with van der Waals surface area (Å²) in [6, 6.07) is -7.35. The maximum Gasteiger partial charge on any atom is 0.246 e. The number of carbonyl (C=O) groups excluding carboxylic acids is 5. The highest BCUT2D eigenvalue weighted by Crippen LogP contribution is 2.45. The van der Waals surface area contributed by atoms with Crippen molar-refractivity contribution >= 4 is 58.6 Å². The van der Waals surface area contributed by atoms with Crippen molar-refractivity contribution in [1.29, 1.82) is 0 Å². The van der Waals surface area contributed by atoms with Crippen LogP contribution in [-0.2, 0) is 24.0 Å². The van der Waals surface area contributed by atoms with Crippen LogP contribution in [0.25, 0.3) is 0 Å². The van der Waals surface area contributed by atoms with Gasteiger partial charge in [0.2, 0.25) is 35.3 Å². The summed E-state index contributed by atoms with van der Waals surface area (Å²) in [7, 11) is 1.56. The molecule has 78 heavy (non-hydrogen) atoms. The summed E-state index contributed by atoms with van der Waals surface area (Å²) in [5, 5.41) is 96.2. The second-order valence-corrected chi connectivity index (χ2v) is 21.5. The Morgan fingerprint density at radius 3 is 2.26 bits per heavy atom. The number of amides is 5. The van der Waals surface area contributed by atoms with Crippen molar-refractivity contribution in [2.45, 2.75) is 125 Å². The largest absolute Gasteiger partial charge is 0.512 e. The smallest absolute Gasteiger partial charge is 0.246 e. The van der Waals surface area contributed by atoms with Crippen molar-refractivity contribution in [3.8, 4) is 17.2 Å². The molecule has 10 rings (SSSR count). The first-order chi connectivity index (χ1) is 37.0. The fraction of sp³-hybridized carbons (Fsp3) is 0.472. The van der Waals surface area contributed by atoms with Gasteiger partial charge in [0.15, 0.2) is 11.5 Å². The minimum atomic E-state index is -1.82. The highest BCUT2D eigenvalue weighted by atomic mass is 35.5. The molecule has 4 aliphatic carbocycles. The van der Waals surface area contributed by atoms with Crippen LogP contribution in [0.1, 0.15) is 70.4 Å². The number of halogens is 2. The number of phenols is 1. The third-order valence-corrected chi connectivity index (χ3v) is 15.3. The zero-order valence-electron chi connectivity index (χ0n) is 42.8. The third-order valence-electron chi connectivity index (χ3n) is 14.7. The second kappa shape index (κ2) is 24.1. The van der Waals surface area contributed by atoms with Gasteiger partial charge in [-0.05, 0) is 103 Å². The molecule has 5 aliphatic heterocycles. The molecule has 1 aromatic rings. The number of hydrogen-bond donors (Lipinski definition) is 15. The van der Waals surface area contributed by atoms with Crippen molar-refractivity contribution in [3.05, 3.63) is 110 Å². The number of primary amides is 1. The zero-order valence-corrected chi connectivity index (χ0v) is 44.3. The molecule has 3 unspecified atom stereocenters. The zero-order chi connectivity index (χ0) is 56.4. The second-order valence-electron chi connectivity index (χ2n) is 20.6. The Bertz CT molecular complexity index is 2910. The Labute approximate surface area is 458 Å². The van der Waals surface area contributed by atoms with E-state index in [1.807, 2.05) is 13.8 Å². The lowest BCUT2D eigenvalue weighted by Gasteiger charge is -2.37. The van der Waals surface area contributed by atoms with Gasteiger partial charge in [0.25, 0.3) is 0 Å². The summed E-state index contributed by atoms with van der Waals surface area (Å²) in [6.07, 6.45) is 2.97. The molecule has 23 nitrogen and oxygen atoms in total. The molecule has 5 amide bonds. The van der Waals surface area contributed by atoms with Crippen LogP contribution >= 0.6 is 23.2 Å². The van der Waals surface area contributed by atoms with E-state index in [-0.39, 0.29) is 112 Å².